The number of hydrogen-bond donors (Lipinski definition) is 0. The number of hydrogen-bond acceptors (Lipinski definition) is 3. The molecule has 1 fully saturated rings. The highest BCUT2D eigenvalue weighted by Crippen LogP contribution is 2.29. The van der Waals surface area contributed by atoms with Gasteiger partial charge in [-0.25, -0.2) is 0 Å². The Hall–Kier alpha value is -2.00. The van der Waals surface area contributed by atoms with Crippen LogP contribution >= 0.6 is 0 Å². The number of nitrogens with zero attached hydrogens (tertiary/aromatic N) is 3. The largest absolute Gasteiger partial charge is 0.469 e. The fourth-order valence-corrected chi connectivity index (χ4v) is 4.22. The number of carbonyl (C=O) groups excluding carboxylic acids is 1. The van der Waals surface area contributed by atoms with E-state index in [9.17, 15) is 4.79 Å². The van der Waals surface area contributed by atoms with E-state index in [2.05, 4.69) is 39.0 Å². The lowest BCUT2D eigenvalue weighted by atomic mass is 9.85. The van der Waals surface area contributed by atoms with Gasteiger partial charge in [0, 0.05) is 11.3 Å². The first-order valence-corrected chi connectivity index (χ1v) is 10.9. The molecule has 5 heteroatoms. The average molecular weight is 386 g/mol. The first-order chi connectivity index (χ1) is 13.7. The quantitative estimate of drug-likeness (QED) is 0.127. The van der Waals surface area contributed by atoms with Gasteiger partial charge in [-0.15, -0.1) is 0 Å². The Morgan fingerprint density at radius 3 is 2.57 bits per heavy atom. The van der Waals surface area contributed by atoms with Gasteiger partial charge < -0.3 is 4.74 Å². The zero-order chi connectivity index (χ0) is 20.0. The van der Waals surface area contributed by atoms with E-state index in [0.29, 0.717) is 6.42 Å². The molecule has 0 aliphatic heterocycles. The van der Waals surface area contributed by atoms with E-state index in [1.807, 2.05) is 0 Å². The molecule has 0 amide bonds. The second-order valence-corrected chi connectivity index (χ2v) is 8.03. The molecule has 1 aromatic carbocycles. The monoisotopic (exact) mass is 385 g/mol. The predicted molar refractivity (Wildman–Crippen MR) is 113 cm³/mol. The van der Waals surface area contributed by atoms with Crippen LogP contribution in [0.15, 0.2) is 29.4 Å². The first kappa shape index (κ1) is 22.3. The molecule has 0 bridgehead atoms. The third-order valence-corrected chi connectivity index (χ3v) is 5.94. The van der Waals surface area contributed by atoms with Gasteiger partial charge in [-0.05, 0) is 41.8 Å². The smallest absolute Gasteiger partial charge is 0.305 e. The van der Waals surface area contributed by atoms with Gasteiger partial charge in [-0.3, -0.25) is 4.79 Å². The minimum absolute atomic E-state index is 0.0798. The average Bonchev–Trinajstić information content (AvgIpc) is 2.74. The third kappa shape index (κ3) is 8.35. The van der Waals surface area contributed by atoms with E-state index in [-0.39, 0.29) is 12.0 Å². The summed E-state index contributed by atoms with van der Waals surface area (Å²) in [4.78, 5) is 14.2. The molecule has 28 heavy (non-hydrogen) atoms. The molecule has 2 rings (SSSR count). The molecule has 154 valence electrons. The lowest BCUT2D eigenvalue weighted by Crippen LogP contribution is -2.05. The molecule has 0 spiro atoms. The van der Waals surface area contributed by atoms with Gasteiger partial charge >= 0.3 is 5.97 Å². The van der Waals surface area contributed by atoms with E-state index in [1.54, 1.807) is 0 Å². The van der Waals surface area contributed by atoms with Gasteiger partial charge in [0.05, 0.1) is 13.2 Å². The molecule has 0 radical (unpaired) electrons. The maximum Gasteiger partial charge on any atom is 0.305 e. The highest BCUT2D eigenvalue weighted by Gasteiger charge is 2.13. The normalized spacial score (nSPS) is 15.6. The van der Waals surface area contributed by atoms with E-state index in [0.717, 1.165) is 37.2 Å². The molecule has 0 saturated heterocycles. The summed E-state index contributed by atoms with van der Waals surface area (Å²) in [6, 6.07) is 8.21. The fourth-order valence-electron chi connectivity index (χ4n) is 4.22. The van der Waals surface area contributed by atoms with E-state index in [4.69, 9.17) is 5.53 Å². The lowest BCUT2D eigenvalue weighted by Gasteiger charge is -2.21. The molecule has 1 atom stereocenters. The summed E-state index contributed by atoms with van der Waals surface area (Å²) < 4.78 is 4.67. The summed E-state index contributed by atoms with van der Waals surface area (Å²) in [5.41, 5.74) is 11.2. The van der Waals surface area contributed by atoms with Crippen LogP contribution in [0.5, 0.6) is 0 Å². The molecule has 1 unspecified atom stereocenters. The highest BCUT2D eigenvalue weighted by molar-refractivity contribution is 5.69. The summed E-state index contributed by atoms with van der Waals surface area (Å²) in [7, 11) is 1.42. The van der Waals surface area contributed by atoms with Crippen LogP contribution in [0.1, 0.15) is 94.2 Å². The molecule has 1 aliphatic carbocycles. The van der Waals surface area contributed by atoms with Crippen LogP contribution in [-0.2, 0) is 16.0 Å². The van der Waals surface area contributed by atoms with Crippen LogP contribution in [0.2, 0.25) is 0 Å². The van der Waals surface area contributed by atoms with Crippen molar-refractivity contribution >= 4 is 5.97 Å². The maximum absolute atomic E-state index is 11.2. The Balaban J connectivity index is 1.72. The summed E-state index contributed by atoms with van der Waals surface area (Å²) in [6.45, 7) is 0. The molecular formula is C23H35N3O2. The number of azide groups is 1. The minimum Gasteiger partial charge on any atom is -0.469 e. The van der Waals surface area contributed by atoms with Crippen LogP contribution in [0.25, 0.3) is 10.4 Å². The number of methoxy groups -OCH3 is 1. The summed E-state index contributed by atoms with van der Waals surface area (Å²) >= 11 is 0. The number of rotatable bonds is 12. The van der Waals surface area contributed by atoms with E-state index >= 15 is 0 Å². The topological polar surface area (TPSA) is 75.1 Å². The van der Waals surface area contributed by atoms with Gasteiger partial charge in [0.2, 0.25) is 0 Å². The van der Waals surface area contributed by atoms with Crippen molar-refractivity contribution in [2.24, 2.45) is 11.0 Å². The zero-order valence-electron chi connectivity index (χ0n) is 17.3. The molecule has 0 N–H and O–H groups in total. The Morgan fingerprint density at radius 1 is 1.14 bits per heavy atom. The van der Waals surface area contributed by atoms with Gasteiger partial charge in [0.1, 0.15) is 0 Å². The molecule has 1 aromatic rings. The molecule has 0 heterocycles. The van der Waals surface area contributed by atoms with Crippen molar-refractivity contribution < 1.29 is 9.53 Å². The van der Waals surface area contributed by atoms with Crippen LogP contribution in [0, 0.1) is 5.92 Å². The van der Waals surface area contributed by atoms with Crippen molar-refractivity contribution in [2.45, 2.75) is 89.5 Å². The van der Waals surface area contributed by atoms with Crippen LogP contribution in [0.3, 0.4) is 0 Å². The molecule has 5 nitrogen and oxygen atoms in total. The van der Waals surface area contributed by atoms with Crippen molar-refractivity contribution in [3.8, 4) is 0 Å². The Labute approximate surface area is 169 Å². The molecular weight excluding hydrogens is 350 g/mol. The third-order valence-electron chi connectivity index (χ3n) is 5.94. The second-order valence-electron chi connectivity index (χ2n) is 8.03. The zero-order valence-corrected chi connectivity index (χ0v) is 17.3. The van der Waals surface area contributed by atoms with E-state index < -0.39 is 0 Å². The van der Waals surface area contributed by atoms with Gasteiger partial charge in [-0.1, -0.05) is 87.2 Å². The summed E-state index contributed by atoms with van der Waals surface area (Å²) in [5.74, 6) is 0.789. The lowest BCUT2D eigenvalue weighted by molar-refractivity contribution is -0.140. The van der Waals surface area contributed by atoms with Crippen LogP contribution in [-0.4, -0.2) is 13.1 Å². The molecule has 1 aliphatic rings. The van der Waals surface area contributed by atoms with Crippen LogP contribution < -0.4 is 0 Å². The maximum atomic E-state index is 11.2. The standard InChI is InChI=1S/C23H35N3O2/c1-28-23(27)14-8-12-20-15-17-21(18-16-20)22(25-26-24)13-7-3-6-11-19-9-4-2-5-10-19/h15-19,22H,2-14H2,1H3. The first-order valence-electron chi connectivity index (χ1n) is 10.9. The van der Waals surface area contributed by atoms with Crippen molar-refractivity contribution in [1.29, 1.82) is 0 Å². The highest BCUT2D eigenvalue weighted by atomic mass is 16.5. The number of unbranched alkanes of at least 4 members (excludes halogenated alkanes) is 2. The minimum atomic E-state index is -0.163. The van der Waals surface area contributed by atoms with Gasteiger partial charge in [0.25, 0.3) is 0 Å². The second kappa shape index (κ2) is 13.2. The number of aryl methyl sites for hydroxylation is 1. The molecule has 1 saturated carbocycles. The predicted octanol–water partition coefficient (Wildman–Crippen LogP) is 7.06. The van der Waals surface area contributed by atoms with Crippen molar-refractivity contribution in [1.82, 2.24) is 0 Å². The van der Waals surface area contributed by atoms with Gasteiger partial charge in [0.15, 0.2) is 0 Å². The summed E-state index contributed by atoms with van der Waals surface area (Å²) in [5, 5.41) is 4.03. The van der Waals surface area contributed by atoms with Gasteiger partial charge in [-0.2, -0.15) is 0 Å². The van der Waals surface area contributed by atoms with E-state index in [1.165, 1.54) is 64.0 Å². The fraction of sp³-hybridized carbons (Fsp3) is 0.696. The SMILES string of the molecule is COC(=O)CCCc1ccc(C(CCCCCC2CCCCC2)N=[N+]=[N-])cc1. The number of esters is 1. The summed E-state index contributed by atoms with van der Waals surface area (Å²) in [6.07, 6.45) is 15.1. The van der Waals surface area contributed by atoms with Crippen molar-refractivity contribution in [2.75, 3.05) is 7.11 Å². The number of benzene rings is 1. The van der Waals surface area contributed by atoms with Crippen molar-refractivity contribution in [3.05, 3.63) is 45.8 Å². The number of carbonyl (C=O) groups is 1. The Bertz CT molecular complexity index is 617. The van der Waals surface area contributed by atoms with Crippen molar-refractivity contribution in [3.63, 3.8) is 0 Å². The van der Waals surface area contributed by atoms with Crippen LogP contribution in [0.4, 0.5) is 0 Å². The Morgan fingerprint density at radius 2 is 1.89 bits per heavy atom. The Kier molecular flexibility index (Phi) is 10.5. The molecule has 0 aromatic heterocycles. The number of ether oxygens (including phenoxy) is 1.